The molecule has 0 unspecified atom stereocenters. The van der Waals surface area contributed by atoms with Crippen LogP contribution in [0.25, 0.3) is 0 Å². The third-order valence-electron chi connectivity index (χ3n) is 3.65. The molecule has 0 aliphatic heterocycles. The van der Waals surface area contributed by atoms with Gasteiger partial charge in [-0.3, -0.25) is 0 Å². The second-order valence-electron chi connectivity index (χ2n) is 5.62. The largest absolute Gasteiger partial charge is 0.497 e. The van der Waals surface area contributed by atoms with Crippen molar-refractivity contribution in [1.82, 2.24) is 0 Å². The molecule has 0 atom stereocenters. The lowest BCUT2D eigenvalue weighted by Gasteiger charge is -2.08. The summed E-state index contributed by atoms with van der Waals surface area (Å²) in [6.07, 6.45) is 0. The van der Waals surface area contributed by atoms with E-state index in [4.69, 9.17) is 15.2 Å². The van der Waals surface area contributed by atoms with E-state index in [1.54, 1.807) is 7.11 Å². The summed E-state index contributed by atoms with van der Waals surface area (Å²) in [5, 5.41) is 3.06. The lowest BCUT2D eigenvalue weighted by Crippen LogP contribution is -2.22. The van der Waals surface area contributed by atoms with Crippen LogP contribution in [0.4, 0.5) is 5.69 Å². The van der Waals surface area contributed by atoms with E-state index in [2.05, 4.69) is 10.3 Å². The number of nitrogens with zero attached hydrogens (tertiary/aromatic N) is 1. The molecule has 3 rings (SSSR count). The van der Waals surface area contributed by atoms with E-state index in [0.717, 1.165) is 28.5 Å². The van der Waals surface area contributed by atoms with Crippen molar-refractivity contribution in [3.8, 4) is 17.2 Å². The maximum atomic E-state index is 5.97. The van der Waals surface area contributed by atoms with Gasteiger partial charge in [-0.05, 0) is 42.0 Å². The third-order valence-corrected chi connectivity index (χ3v) is 3.65. The van der Waals surface area contributed by atoms with Crippen LogP contribution in [-0.2, 0) is 6.54 Å². The van der Waals surface area contributed by atoms with E-state index in [9.17, 15) is 0 Å². The number of para-hydroxylation sites is 1. The topological polar surface area (TPSA) is 68.9 Å². The molecule has 0 amide bonds. The van der Waals surface area contributed by atoms with Gasteiger partial charge < -0.3 is 20.5 Å². The van der Waals surface area contributed by atoms with Crippen LogP contribution in [0.1, 0.15) is 5.56 Å². The number of nitrogens with two attached hydrogens (primary N) is 1. The van der Waals surface area contributed by atoms with E-state index in [1.165, 1.54) is 0 Å². The van der Waals surface area contributed by atoms with Crippen LogP contribution in [-0.4, -0.2) is 13.1 Å². The van der Waals surface area contributed by atoms with E-state index in [0.29, 0.717) is 12.5 Å². The second kappa shape index (κ2) is 8.58. The SMILES string of the molecule is COc1cccc(NC(N)=NCc2cccc(Oc3ccccc3)c2)c1. The molecular weight excluding hydrogens is 326 g/mol. The molecule has 0 fully saturated rings. The van der Waals surface area contributed by atoms with Crippen molar-refractivity contribution < 1.29 is 9.47 Å². The van der Waals surface area contributed by atoms with E-state index in [-0.39, 0.29) is 0 Å². The maximum absolute atomic E-state index is 5.97. The molecule has 3 aromatic carbocycles. The Morgan fingerprint density at radius 2 is 1.62 bits per heavy atom. The molecule has 0 aliphatic carbocycles. The van der Waals surface area contributed by atoms with Crippen LogP contribution >= 0.6 is 0 Å². The van der Waals surface area contributed by atoms with Crippen LogP contribution in [0.15, 0.2) is 83.9 Å². The van der Waals surface area contributed by atoms with Gasteiger partial charge in [-0.15, -0.1) is 0 Å². The number of methoxy groups -OCH3 is 1. The van der Waals surface area contributed by atoms with E-state index >= 15 is 0 Å². The smallest absolute Gasteiger partial charge is 0.193 e. The molecular formula is C21H21N3O2. The zero-order valence-electron chi connectivity index (χ0n) is 14.6. The highest BCUT2D eigenvalue weighted by molar-refractivity contribution is 5.92. The molecule has 132 valence electrons. The van der Waals surface area contributed by atoms with Gasteiger partial charge in [-0.2, -0.15) is 0 Å². The van der Waals surface area contributed by atoms with Crippen molar-refractivity contribution in [3.63, 3.8) is 0 Å². The minimum atomic E-state index is 0.340. The number of rotatable bonds is 6. The van der Waals surface area contributed by atoms with Crippen LogP contribution in [0.3, 0.4) is 0 Å². The highest BCUT2D eigenvalue weighted by atomic mass is 16.5. The molecule has 0 aliphatic rings. The minimum Gasteiger partial charge on any atom is -0.497 e. The number of anilines is 1. The summed E-state index contributed by atoms with van der Waals surface area (Å²) >= 11 is 0. The molecule has 26 heavy (non-hydrogen) atoms. The summed E-state index contributed by atoms with van der Waals surface area (Å²) in [5.74, 6) is 2.66. The lowest BCUT2D eigenvalue weighted by atomic mass is 10.2. The van der Waals surface area contributed by atoms with Gasteiger partial charge in [0.05, 0.1) is 13.7 Å². The summed E-state index contributed by atoms with van der Waals surface area (Å²) in [6, 6.07) is 25.0. The molecule has 0 heterocycles. The first kappa shape index (κ1) is 17.4. The standard InChI is InChI=1S/C21H21N3O2/c1-25-19-11-6-8-17(14-19)24-21(22)23-15-16-7-5-12-20(13-16)26-18-9-3-2-4-10-18/h2-14H,15H2,1H3,(H3,22,23,24). The van der Waals surface area contributed by atoms with Gasteiger partial charge in [0.2, 0.25) is 0 Å². The van der Waals surface area contributed by atoms with Crippen molar-refractivity contribution >= 4 is 11.6 Å². The van der Waals surface area contributed by atoms with Crippen molar-refractivity contribution in [1.29, 1.82) is 0 Å². The normalized spacial score (nSPS) is 11.0. The first-order valence-corrected chi connectivity index (χ1v) is 8.26. The van der Waals surface area contributed by atoms with Crippen molar-refractivity contribution in [2.45, 2.75) is 6.54 Å². The zero-order chi connectivity index (χ0) is 18.2. The molecule has 0 spiro atoms. The van der Waals surface area contributed by atoms with Gasteiger partial charge in [0.1, 0.15) is 17.2 Å². The number of nitrogens with one attached hydrogen (secondary N) is 1. The number of ether oxygens (including phenoxy) is 2. The predicted octanol–water partition coefficient (Wildman–Crippen LogP) is 4.41. The molecule has 0 radical (unpaired) electrons. The summed E-state index contributed by atoms with van der Waals surface area (Å²) in [5.41, 5.74) is 7.81. The number of hydrogen-bond donors (Lipinski definition) is 2. The number of aliphatic imine (C=N–C) groups is 1. The van der Waals surface area contributed by atoms with Crippen molar-refractivity contribution in [2.75, 3.05) is 12.4 Å². The van der Waals surface area contributed by atoms with Crippen LogP contribution < -0.4 is 20.5 Å². The lowest BCUT2D eigenvalue weighted by molar-refractivity contribution is 0.415. The molecule has 5 nitrogen and oxygen atoms in total. The highest BCUT2D eigenvalue weighted by Gasteiger charge is 2.00. The molecule has 0 aromatic heterocycles. The summed E-state index contributed by atoms with van der Waals surface area (Å²) in [6.45, 7) is 0.453. The number of hydrogen-bond acceptors (Lipinski definition) is 3. The Labute approximate surface area is 153 Å². The average Bonchev–Trinajstić information content (AvgIpc) is 2.68. The van der Waals surface area contributed by atoms with Crippen molar-refractivity contribution in [2.24, 2.45) is 10.7 Å². The third kappa shape index (κ3) is 5.01. The Kier molecular flexibility index (Phi) is 5.72. The number of benzene rings is 3. The summed E-state index contributed by atoms with van der Waals surface area (Å²) < 4.78 is 11.0. The number of guanidine groups is 1. The van der Waals surface area contributed by atoms with Gasteiger partial charge in [-0.1, -0.05) is 36.4 Å². The first-order chi connectivity index (χ1) is 12.7. The van der Waals surface area contributed by atoms with Gasteiger partial charge in [0.15, 0.2) is 5.96 Å². The van der Waals surface area contributed by atoms with Gasteiger partial charge in [-0.25, -0.2) is 4.99 Å². The van der Waals surface area contributed by atoms with Gasteiger partial charge in [0, 0.05) is 11.8 Å². The maximum Gasteiger partial charge on any atom is 0.193 e. The Morgan fingerprint density at radius 1 is 0.885 bits per heavy atom. The minimum absolute atomic E-state index is 0.340. The summed E-state index contributed by atoms with van der Waals surface area (Å²) in [7, 11) is 1.63. The molecule has 5 heteroatoms. The molecule has 0 saturated heterocycles. The summed E-state index contributed by atoms with van der Waals surface area (Å²) in [4.78, 5) is 4.38. The molecule has 0 saturated carbocycles. The second-order valence-corrected chi connectivity index (χ2v) is 5.62. The quantitative estimate of drug-likeness (QED) is 0.512. The zero-order valence-corrected chi connectivity index (χ0v) is 14.6. The van der Waals surface area contributed by atoms with Gasteiger partial charge in [0.25, 0.3) is 0 Å². The van der Waals surface area contributed by atoms with Crippen molar-refractivity contribution in [3.05, 3.63) is 84.4 Å². The molecule has 3 aromatic rings. The van der Waals surface area contributed by atoms with E-state index < -0.39 is 0 Å². The fourth-order valence-corrected chi connectivity index (χ4v) is 2.40. The van der Waals surface area contributed by atoms with Crippen LogP contribution in [0.2, 0.25) is 0 Å². The van der Waals surface area contributed by atoms with Gasteiger partial charge >= 0.3 is 0 Å². The van der Waals surface area contributed by atoms with E-state index in [1.807, 2.05) is 78.9 Å². The fraction of sp³-hybridized carbons (Fsp3) is 0.0952. The molecule has 3 N–H and O–H groups in total. The Balaban J connectivity index is 1.63. The highest BCUT2D eigenvalue weighted by Crippen LogP contribution is 2.22. The predicted molar refractivity (Wildman–Crippen MR) is 105 cm³/mol. The average molecular weight is 347 g/mol. The Morgan fingerprint density at radius 3 is 2.42 bits per heavy atom. The first-order valence-electron chi connectivity index (χ1n) is 8.26. The molecule has 0 bridgehead atoms. The van der Waals surface area contributed by atoms with Crippen LogP contribution in [0, 0.1) is 0 Å². The Hall–Kier alpha value is -3.47. The van der Waals surface area contributed by atoms with Crippen LogP contribution in [0.5, 0.6) is 17.2 Å². The Bertz CT molecular complexity index is 879. The monoisotopic (exact) mass is 347 g/mol. The fourth-order valence-electron chi connectivity index (χ4n) is 2.40.